The predicted molar refractivity (Wildman–Crippen MR) is 63.3 cm³/mol. The maximum Gasteiger partial charge on any atom is 0.0653 e. The van der Waals surface area contributed by atoms with E-state index in [0.29, 0.717) is 0 Å². The maximum absolute atomic E-state index is 4.40. The van der Waals surface area contributed by atoms with Crippen LogP contribution in [-0.2, 0) is 11.8 Å². The molecule has 2 aromatic rings. The van der Waals surface area contributed by atoms with E-state index < -0.39 is 0 Å². The quantitative estimate of drug-likeness (QED) is 0.694. The van der Waals surface area contributed by atoms with Gasteiger partial charge in [-0.25, -0.2) is 4.52 Å². The Kier molecular flexibility index (Phi) is 2.29. The zero-order chi connectivity index (χ0) is 11.1. The molecule has 2 heterocycles. The van der Waals surface area contributed by atoms with Gasteiger partial charge in [0, 0.05) is 11.9 Å². The van der Waals surface area contributed by atoms with Gasteiger partial charge in [-0.2, -0.15) is 5.10 Å². The highest BCUT2D eigenvalue weighted by atomic mass is 15.2. The molecular formula is C13H18N2. The summed E-state index contributed by atoms with van der Waals surface area (Å²) < 4.78 is 2.06. The van der Waals surface area contributed by atoms with Crippen molar-refractivity contribution in [1.29, 1.82) is 0 Å². The van der Waals surface area contributed by atoms with Gasteiger partial charge in [0.1, 0.15) is 0 Å². The van der Waals surface area contributed by atoms with Gasteiger partial charge in [-0.1, -0.05) is 27.7 Å². The van der Waals surface area contributed by atoms with Gasteiger partial charge >= 0.3 is 0 Å². The lowest BCUT2D eigenvalue weighted by atomic mass is 9.86. The highest BCUT2D eigenvalue weighted by Crippen LogP contribution is 2.28. The molecule has 2 aromatic heterocycles. The third kappa shape index (κ3) is 1.65. The van der Waals surface area contributed by atoms with Gasteiger partial charge in [0.05, 0.1) is 5.52 Å². The summed E-state index contributed by atoms with van der Waals surface area (Å²) in [6, 6.07) is 6.36. The second kappa shape index (κ2) is 3.37. The van der Waals surface area contributed by atoms with Crippen LogP contribution in [0.5, 0.6) is 0 Å². The lowest BCUT2D eigenvalue weighted by Crippen LogP contribution is -2.13. The summed E-state index contributed by atoms with van der Waals surface area (Å²) in [5.74, 6) is 0. The van der Waals surface area contributed by atoms with E-state index in [-0.39, 0.29) is 5.41 Å². The number of rotatable bonds is 1. The van der Waals surface area contributed by atoms with Crippen LogP contribution >= 0.6 is 0 Å². The van der Waals surface area contributed by atoms with Crippen LogP contribution in [0.25, 0.3) is 5.52 Å². The maximum atomic E-state index is 4.40. The highest BCUT2D eigenvalue weighted by molar-refractivity contribution is 5.53. The van der Waals surface area contributed by atoms with Gasteiger partial charge in [0.15, 0.2) is 0 Å². The first kappa shape index (κ1) is 10.2. The smallest absolute Gasteiger partial charge is 0.0653 e. The zero-order valence-electron chi connectivity index (χ0n) is 9.91. The van der Waals surface area contributed by atoms with E-state index in [1.807, 2.05) is 12.3 Å². The lowest BCUT2D eigenvalue weighted by Gasteiger charge is -2.18. The Morgan fingerprint density at radius 1 is 1.33 bits per heavy atom. The molecule has 0 amide bonds. The minimum atomic E-state index is 0.193. The highest BCUT2D eigenvalue weighted by Gasteiger charge is 2.20. The summed E-state index contributed by atoms with van der Waals surface area (Å²) in [5.41, 5.74) is 4.13. The van der Waals surface area contributed by atoms with Crippen molar-refractivity contribution >= 4 is 5.52 Å². The Labute approximate surface area is 90.9 Å². The van der Waals surface area contributed by atoms with Crippen molar-refractivity contribution in [2.75, 3.05) is 0 Å². The largest absolute Gasteiger partial charge is 0.238 e. The molecule has 0 saturated carbocycles. The molecule has 0 unspecified atom stereocenters. The van der Waals surface area contributed by atoms with Gasteiger partial charge in [0.2, 0.25) is 0 Å². The number of hydrogen-bond acceptors (Lipinski definition) is 1. The number of hydrogen-bond donors (Lipinski definition) is 0. The van der Waals surface area contributed by atoms with Gasteiger partial charge in [0.25, 0.3) is 0 Å². The van der Waals surface area contributed by atoms with Crippen LogP contribution in [0.15, 0.2) is 24.4 Å². The van der Waals surface area contributed by atoms with Crippen LogP contribution in [0.3, 0.4) is 0 Å². The van der Waals surface area contributed by atoms with E-state index in [1.54, 1.807) is 0 Å². The molecular weight excluding hydrogens is 184 g/mol. The average molecular weight is 202 g/mol. The molecule has 2 rings (SSSR count). The Hall–Kier alpha value is -1.31. The molecule has 0 bridgehead atoms. The molecule has 15 heavy (non-hydrogen) atoms. The lowest BCUT2D eigenvalue weighted by molar-refractivity contribution is 0.580. The number of aromatic nitrogens is 2. The molecule has 0 aliphatic heterocycles. The van der Waals surface area contributed by atoms with Crippen molar-refractivity contribution in [3.05, 3.63) is 35.7 Å². The molecule has 0 N–H and O–H groups in total. The average Bonchev–Trinajstić information content (AvgIpc) is 2.55. The zero-order valence-corrected chi connectivity index (χ0v) is 9.91. The Morgan fingerprint density at radius 3 is 2.67 bits per heavy atom. The topological polar surface area (TPSA) is 17.3 Å². The van der Waals surface area contributed by atoms with Gasteiger partial charge in [-0.3, -0.25) is 0 Å². The molecule has 0 atom stereocenters. The van der Waals surface area contributed by atoms with Crippen LogP contribution in [0.1, 0.15) is 39.0 Å². The summed E-state index contributed by atoms with van der Waals surface area (Å²) >= 11 is 0. The summed E-state index contributed by atoms with van der Waals surface area (Å²) in [4.78, 5) is 0. The Morgan fingerprint density at radius 2 is 2.07 bits per heavy atom. The van der Waals surface area contributed by atoms with Gasteiger partial charge in [-0.15, -0.1) is 0 Å². The molecule has 0 aromatic carbocycles. The first-order valence-corrected chi connectivity index (χ1v) is 5.50. The second-order valence-electron chi connectivity index (χ2n) is 4.97. The van der Waals surface area contributed by atoms with E-state index in [9.17, 15) is 0 Å². The van der Waals surface area contributed by atoms with Crippen molar-refractivity contribution in [2.24, 2.45) is 0 Å². The molecule has 0 radical (unpaired) electrons. The van der Waals surface area contributed by atoms with E-state index in [4.69, 9.17) is 0 Å². The Balaban J connectivity index is 2.75. The van der Waals surface area contributed by atoms with Crippen LogP contribution in [0, 0.1) is 0 Å². The molecule has 0 saturated heterocycles. The first-order valence-electron chi connectivity index (χ1n) is 5.50. The van der Waals surface area contributed by atoms with E-state index in [2.05, 4.69) is 49.4 Å². The normalized spacial score (nSPS) is 12.3. The summed E-state index contributed by atoms with van der Waals surface area (Å²) in [5, 5.41) is 4.40. The number of aryl methyl sites for hydroxylation is 1. The minimum Gasteiger partial charge on any atom is -0.238 e. The van der Waals surface area contributed by atoms with Crippen LogP contribution < -0.4 is 0 Å². The third-order valence-corrected chi connectivity index (χ3v) is 2.78. The van der Waals surface area contributed by atoms with Crippen molar-refractivity contribution in [1.82, 2.24) is 9.61 Å². The fourth-order valence-electron chi connectivity index (χ4n) is 2.05. The van der Waals surface area contributed by atoms with Crippen LogP contribution in [0.2, 0.25) is 0 Å². The van der Waals surface area contributed by atoms with Gasteiger partial charge in [-0.05, 0) is 35.6 Å². The summed E-state index contributed by atoms with van der Waals surface area (Å²) in [6.07, 6.45) is 2.87. The summed E-state index contributed by atoms with van der Waals surface area (Å²) in [6.45, 7) is 8.94. The molecule has 2 heteroatoms. The van der Waals surface area contributed by atoms with Crippen molar-refractivity contribution in [3.63, 3.8) is 0 Å². The van der Waals surface area contributed by atoms with Crippen LogP contribution in [-0.4, -0.2) is 9.61 Å². The standard InChI is InChI=1S/C13H18N2/c1-5-12-11(13(2,3)4)9-10-7-6-8-14-15(10)12/h6-9H,5H2,1-4H3. The van der Waals surface area contributed by atoms with E-state index in [0.717, 1.165) is 6.42 Å². The second-order valence-corrected chi connectivity index (χ2v) is 4.97. The third-order valence-electron chi connectivity index (χ3n) is 2.78. The van der Waals surface area contributed by atoms with Crippen LogP contribution in [0.4, 0.5) is 0 Å². The Bertz CT molecular complexity index is 475. The molecule has 0 spiro atoms. The van der Waals surface area contributed by atoms with Gasteiger partial charge < -0.3 is 0 Å². The van der Waals surface area contributed by atoms with Crippen molar-refractivity contribution < 1.29 is 0 Å². The SMILES string of the molecule is CCc1c(C(C)(C)C)cc2cccnn12. The fourth-order valence-corrected chi connectivity index (χ4v) is 2.05. The molecule has 0 aliphatic carbocycles. The fraction of sp³-hybridized carbons (Fsp3) is 0.462. The molecule has 80 valence electrons. The number of nitrogens with zero attached hydrogens (tertiary/aromatic N) is 2. The first-order chi connectivity index (χ1) is 7.04. The monoisotopic (exact) mass is 202 g/mol. The minimum absolute atomic E-state index is 0.193. The number of fused-ring (bicyclic) bond motifs is 1. The predicted octanol–water partition coefficient (Wildman–Crippen LogP) is 3.19. The molecule has 0 fully saturated rings. The molecule has 0 aliphatic rings. The summed E-state index contributed by atoms with van der Waals surface area (Å²) in [7, 11) is 0. The van der Waals surface area contributed by atoms with Crippen molar-refractivity contribution in [3.8, 4) is 0 Å². The van der Waals surface area contributed by atoms with E-state index in [1.165, 1.54) is 16.8 Å². The molecule has 2 nitrogen and oxygen atoms in total. The van der Waals surface area contributed by atoms with E-state index >= 15 is 0 Å². The van der Waals surface area contributed by atoms with Crippen molar-refractivity contribution in [2.45, 2.75) is 39.5 Å².